The second kappa shape index (κ2) is 6.44. The van der Waals surface area contributed by atoms with Crippen LogP contribution in [0.2, 0.25) is 0 Å². The summed E-state index contributed by atoms with van der Waals surface area (Å²) in [6, 6.07) is 7.62. The Morgan fingerprint density at radius 1 is 1.36 bits per heavy atom. The summed E-state index contributed by atoms with van der Waals surface area (Å²) < 4.78 is 5.31. The molecule has 0 radical (unpaired) electrons. The van der Waals surface area contributed by atoms with Gasteiger partial charge >= 0.3 is 0 Å². The maximum atomic E-state index is 12.8. The lowest BCUT2D eigenvalue weighted by Gasteiger charge is -2.11. The molecule has 1 N–H and O–H groups in total. The summed E-state index contributed by atoms with van der Waals surface area (Å²) >= 11 is 1.59. The van der Waals surface area contributed by atoms with Crippen LogP contribution >= 0.6 is 11.3 Å². The molecule has 3 aromatic rings. The normalized spacial score (nSPS) is 13.8. The van der Waals surface area contributed by atoms with Crippen molar-refractivity contribution in [3.63, 3.8) is 0 Å². The predicted molar refractivity (Wildman–Crippen MR) is 98.3 cm³/mol. The van der Waals surface area contributed by atoms with Gasteiger partial charge < -0.3 is 10.1 Å². The summed E-state index contributed by atoms with van der Waals surface area (Å²) in [6.07, 6.45) is 4.11. The largest absolute Gasteiger partial charge is 0.497 e. The van der Waals surface area contributed by atoms with Crippen LogP contribution in [-0.4, -0.2) is 23.0 Å². The Morgan fingerprint density at radius 2 is 2.20 bits per heavy atom. The Morgan fingerprint density at radius 3 is 2.88 bits per heavy atom. The smallest absolute Gasteiger partial charge is 0.252 e. The Labute approximate surface area is 150 Å². The first-order chi connectivity index (χ1) is 12.1. The molecular formula is C19H19N3O2S. The van der Waals surface area contributed by atoms with Gasteiger partial charge in [0.25, 0.3) is 5.91 Å². The minimum Gasteiger partial charge on any atom is -0.497 e. The molecule has 5 nitrogen and oxygen atoms in total. The van der Waals surface area contributed by atoms with Crippen LogP contribution in [0.15, 0.2) is 30.5 Å². The summed E-state index contributed by atoms with van der Waals surface area (Å²) in [6.45, 7) is 2.44. The van der Waals surface area contributed by atoms with Gasteiger partial charge in [0.2, 0.25) is 0 Å². The molecule has 0 atom stereocenters. The number of hydrogen-bond acceptors (Lipinski definition) is 5. The van der Waals surface area contributed by atoms with Gasteiger partial charge in [0, 0.05) is 28.1 Å². The van der Waals surface area contributed by atoms with Crippen molar-refractivity contribution >= 4 is 28.1 Å². The van der Waals surface area contributed by atoms with Crippen molar-refractivity contribution < 1.29 is 9.53 Å². The highest BCUT2D eigenvalue weighted by atomic mass is 32.1. The monoisotopic (exact) mass is 353 g/mol. The second-order valence-corrected chi connectivity index (χ2v) is 7.60. The first kappa shape index (κ1) is 16.0. The van der Waals surface area contributed by atoms with Gasteiger partial charge in [0.15, 0.2) is 0 Å². The van der Waals surface area contributed by atoms with Gasteiger partial charge in [-0.3, -0.25) is 9.78 Å². The van der Waals surface area contributed by atoms with Crippen LogP contribution in [-0.2, 0) is 6.54 Å². The number of aromatic nitrogens is 2. The highest BCUT2D eigenvalue weighted by Crippen LogP contribution is 2.40. The third-order valence-electron chi connectivity index (χ3n) is 4.37. The molecule has 1 amide bonds. The third-order valence-corrected chi connectivity index (χ3v) is 5.28. The van der Waals surface area contributed by atoms with Crippen LogP contribution in [0.5, 0.6) is 5.75 Å². The summed E-state index contributed by atoms with van der Waals surface area (Å²) in [5, 5.41) is 4.83. The highest BCUT2D eigenvalue weighted by molar-refractivity contribution is 7.11. The van der Waals surface area contributed by atoms with Crippen LogP contribution in [0.1, 0.15) is 44.7 Å². The summed E-state index contributed by atoms with van der Waals surface area (Å²) in [4.78, 5) is 22.8. The van der Waals surface area contributed by atoms with Gasteiger partial charge in [-0.25, -0.2) is 4.98 Å². The predicted octanol–water partition coefficient (Wildman–Crippen LogP) is 3.82. The number of nitrogens with zero attached hydrogens (tertiary/aromatic N) is 2. The maximum Gasteiger partial charge on any atom is 0.252 e. The molecule has 0 bridgehead atoms. The molecule has 2 aromatic heterocycles. The lowest BCUT2D eigenvalue weighted by molar-refractivity contribution is 0.0953. The van der Waals surface area contributed by atoms with Crippen molar-refractivity contribution in [1.29, 1.82) is 0 Å². The van der Waals surface area contributed by atoms with Gasteiger partial charge in [-0.15, -0.1) is 11.3 Å². The first-order valence-corrected chi connectivity index (χ1v) is 9.14. The van der Waals surface area contributed by atoms with Crippen LogP contribution in [0, 0.1) is 6.92 Å². The van der Waals surface area contributed by atoms with Crippen molar-refractivity contribution in [2.75, 3.05) is 7.11 Å². The zero-order chi connectivity index (χ0) is 17.4. The van der Waals surface area contributed by atoms with E-state index in [1.165, 1.54) is 0 Å². The Bertz CT molecular complexity index is 947. The fourth-order valence-corrected chi connectivity index (χ4v) is 3.61. The number of ether oxygens (including phenoxy) is 1. The number of aryl methyl sites for hydroxylation is 1. The summed E-state index contributed by atoms with van der Waals surface area (Å²) in [5.74, 6) is 1.12. The Hall–Kier alpha value is -2.47. The van der Waals surface area contributed by atoms with Crippen molar-refractivity contribution in [2.45, 2.75) is 32.2 Å². The first-order valence-electron chi connectivity index (χ1n) is 8.32. The van der Waals surface area contributed by atoms with Crippen LogP contribution in [0.25, 0.3) is 10.9 Å². The molecular weight excluding hydrogens is 334 g/mol. The van der Waals surface area contributed by atoms with Gasteiger partial charge in [-0.2, -0.15) is 0 Å². The molecule has 1 aliphatic carbocycles. The van der Waals surface area contributed by atoms with E-state index in [4.69, 9.17) is 9.72 Å². The fraction of sp³-hybridized carbons (Fsp3) is 0.316. The minimum atomic E-state index is -0.0893. The molecule has 0 saturated heterocycles. The number of carbonyl (C=O) groups excluding carboxylic acids is 1. The zero-order valence-corrected chi connectivity index (χ0v) is 15.0. The van der Waals surface area contributed by atoms with Crippen molar-refractivity contribution in [3.05, 3.63) is 51.6 Å². The van der Waals surface area contributed by atoms with Crippen molar-refractivity contribution in [2.24, 2.45) is 0 Å². The molecule has 0 spiro atoms. The summed E-state index contributed by atoms with van der Waals surface area (Å²) in [5.41, 5.74) is 2.51. The van der Waals surface area contributed by atoms with E-state index in [0.717, 1.165) is 45.1 Å². The van der Waals surface area contributed by atoms with E-state index in [0.29, 0.717) is 18.0 Å². The van der Waals surface area contributed by atoms with Crippen LogP contribution < -0.4 is 10.1 Å². The molecule has 4 rings (SSSR count). The maximum absolute atomic E-state index is 12.8. The number of thiazole rings is 1. The molecule has 6 heteroatoms. The molecule has 1 saturated carbocycles. The van der Waals surface area contributed by atoms with E-state index in [1.54, 1.807) is 18.4 Å². The van der Waals surface area contributed by atoms with Gasteiger partial charge in [0.05, 0.1) is 29.7 Å². The quantitative estimate of drug-likeness (QED) is 0.757. The molecule has 1 aliphatic rings. The van der Waals surface area contributed by atoms with Crippen molar-refractivity contribution in [1.82, 2.24) is 15.3 Å². The van der Waals surface area contributed by atoms with Crippen LogP contribution in [0.4, 0.5) is 0 Å². The van der Waals surface area contributed by atoms with Crippen molar-refractivity contribution in [3.8, 4) is 5.75 Å². The van der Waals surface area contributed by atoms with Crippen LogP contribution in [0.3, 0.4) is 0 Å². The second-order valence-electron chi connectivity index (χ2n) is 6.28. The number of rotatable bonds is 5. The SMILES string of the molecule is COc1ccc2nc(C3CC3)cc(C(=O)NCc3cnc(C)s3)c2c1. The molecule has 2 heterocycles. The summed E-state index contributed by atoms with van der Waals surface area (Å²) in [7, 11) is 1.62. The minimum absolute atomic E-state index is 0.0893. The molecule has 25 heavy (non-hydrogen) atoms. The molecule has 128 valence electrons. The van der Waals surface area contributed by atoms with E-state index in [1.807, 2.05) is 37.4 Å². The van der Waals surface area contributed by atoms with E-state index in [9.17, 15) is 4.79 Å². The number of fused-ring (bicyclic) bond motifs is 1. The number of nitrogens with one attached hydrogen (secondary N) is 1. The lowest BCUT2D eigenvalue weighted by atomic mass is 10.0. The van der Waals surface area contributed by atoms with Gasteiger partial charge in [0.1, 0.15) is 5.75 Å². The molecule has 0 unspecified atom stereocenters. The number of amides is 1. The van der Waals surface area contributed by atoms with Gasteiger partial charge in [-0.05, 0) is 44.0 Å². The van der Waals surface area contributed by atoms with Gasteiger partial charge in [-0.1, -0.05) is 0 Å². The lowest BCUT2D eigenvalue weighted by Crippen LogP contribution is -2.23. The molecule has 1 fully saturated rings. The standard InChI is InChI=1S/C19H19N3O2S/c1-11-20-9-14(25-11)10-21-19(23)16-8-18(12-3-4-12)22-17-6-5-13(24-2)7-15(16)17/h5-9,12H,3-4,10H2,1-2H3,(H,21,23). The highest BCUT2D eigenvalue weighted by Gasteiger charge is 2.27. The van der Waals surface area contributed by atoms with E-state index < -0.39 is 0 Å². The average Bonchev–Trinajstić information content (AvgIpc) is 3.40. The Balaban J connectivity index is 1.68. The molecule has 0 aliphatic heterocycles. The fourth-order valence-electron chi connectivity index (χ4n) is 2.88. The number of benzene rings is 1. The number of hydrogen-bond donors (Lipinski definition) is 1. The number of carbonyl (C=O) groups is 1. The topological polar surface area (TPSA) is 64.1 Å². The average molecular weight is 353 g/mol. The Kier molecular flexibility index (Phi) is 4.13. The number of pyridine rings is 1. The third kappa shape index (κ3) is 3.35. The molecule has 1 aromatic carbocycles. The van der Waals surface area contributed by atoms with E-state index in [-0.39, 0.29) is 5.91 Å². The van der Waals surface area contributed by atoms with E-state index in [2.05, 4.69) is 10.3 Å². The van der Waals surface area contributed by atoms with E-state index >= 15 is 0 Å². The zero-order valence-electron chi connectivity index (χ0n) is 14.2. The number of methoxy groups -OCH3 is 1.